The molecule has 0 aliphatic carbocycles. The Morgan fingerprint density at radius 1 is 1.14 bits per heavy atom. The summed E-state index contributed by atoms with van der Waals surface area (Å²) in [7, 11) is 0. The van der Waals surface area contributed by atoms with Crippen LogP contribution in [0, 0.1) is 0 Å². The highest BCUT2D eigenvalue weighted by Gasteiger charge is 2.26. The number of nitrogens with one attached hydrogen (secondary N) is 1. The first kappa shape index (κ1) is 19.1. The van der Waals surface area contributed by atoms with Gasteiger partial charge >= 0.3 is 0 Å². The van der Waals surface area contributed by atoms with E-state index in [2.05, 4.69) is 15.2 Å². The van der Waals surface area contributed by atoms with E-state index < -0.39 is 0 Å². The lowest BCUT2D eigenvalue weighted by atomic mass is 10.0. The van der Waals surface area contributed by atoms with E-state index in [4.69, 9.17) is 0 Å². The molecule has 2 saturated heterocycles. The third kappa shape index (κ3) is 4.10. The predicted octanol–water partition coefficient (Wildman–Crippen LogP) is 2.78. The van der Waals surface area contributed by atoms with Crippen molar-refractivity contribution in [2.75, 3.05) is 44.2 Å². The van der Waals surface area contributed by atoms with E-state index in [9.17, 15) is 9.59 Å². The summed E-state index contributed by atoms with van der Waals surface area (Å²) in [6, 6.07) is 7.70. The number of ketones is 1. The second-order valence-corrected chi connectivity index (χ2v) is 8.39. The van der Waals surface area contributed by atoms with Gasteiger partial charge in [-0.1, -0.05) is 0 Å². The summed E-state index contributed by atoms with van der Waals surface area (Å²) < 4.78 is 0. The Morgan fingerprint density at radius 3 is 2.54 bits per heavy atom. The maximum absolute atomic E-state index is 12.9. The highest BCUT2D eigenvalue weighted by atomic mass is 32.1. The lowest BCUT2D eigenvalue weighted by Crippen LogP contribution is -2.48. The maximum Gasteiger partial charge on any atom is 0.273 e. The number of carbonyl (C=O) groups excluding carboxylic acids is 2. The summed E-state index contributed by atoms with van der Waals surface area (Å²) in [6.45, 7) is 6.56. The Bertz CT molecular complexity index is 834. The fourth-order valence-corrected chi connectivity index (χ4v) is 4.80. The number of amides is 1. The number of anilines is 1. The summed E-state index contributed by atoms with van der Waals surface area (Å²) in [5.74, 6) is 0.557. The zero-order chi connectivity index (χ0) is 19.5. The fourth-order valence-electron chi connectivity index (χ4n) is 3.87. The van der Waals surface area contributed by atoms with Gasteiger partial charge in [-0.25, -0.2) is 4.98 Å². The van der Waals surface area contributed by atoms with E-state index in [1.54, 1.807) is 18.3 Å². The van der Waals surface area contributed by atoms with Crippen molar-refractivity contribution >= 4 is 28.7 Å². The van der Waals surface area contributed by atoms with Gasteiger partial charge in [0, 0.05) is 55.3 Å². The minimum absolute atomic E-state index is 0.0397. The van der Waals surface area contributed by atoms with Gasteiger partial charge in [0.1, 0.15) is 5.69 Å². The molecule has 0 bridgehead atoms. The number of Topliss-reactive ketones (excluding diaryl/α,β-unsaturated/α-hetero) is 1. The quantitative estimate of drug-likeness (QED) is 0.803. The predicted molar refractivity (Wildman–Crippen MR) is 112 cm³/mol. The van der Waals surface area contributed by atoms with Gasteiger partial charge in [0.15, 0.2) is 5.78 Å². The molecule has 1 N–H and O–H groups in total. The molecule has 0 spiro atoms. The van der Waals surface area contributed by atoms with Crippen LogP contribution in [0.25, 0.3) is 0 Å². The zero-order valence-corrected chi connectivity index (χ0v) is 17.0. The van der Waals surface area contributed by atoms with Crippen LogP contribution in [0.2, 0.25) is 0 Å². The first-order chi connectivity index (χ1) is 13.6. The third-order valence-electron chi connectivity index (χ3n) is 5.59. The van der Waals surface area contributed by atoms with Crippen LogP contribution < -0.4 is 10.2 Å². The van der Waals surface area contributed by atoms with Gasteiger partial charge in [-0.3, -0.25) is 9.59 Å². The van der Waals surface area contributed by atoms with Gasteiger partial charge < -0.3 is 15.1 Å². The smallest absolute Gasteiger partial charge is 0.273 e. The average molecular weight is 399 g/mol. The maximum atomic E-state index is 12.9. The molecule has 0 radical (unpaired) electrons. The van der Waals surface area contributed by atoms with Crippen molar-refractivity contribution in [3.63, 3.8) is 0 Å². The van der Waals surface area contributed by atoms with Crippen LogP contribution in [-0.4, -0.2) is 60.8 Å². The Labute approximate surface area is 169 Å². The molecule has 1 unspecified atom stereocenters. The van der Waals surface area contributed by atoms with Crippen molar-refractivity contribution in [1.82, 2.24) is 15.2 Å². The number of piperidine rings is 1. The molecule has 3 heterocycles. The molecule has 6 nitrogen and oxygen atoms in total. The molecule has 0 saturated carbocycles. The molecule has 1 aromatic heterocycles. The van der Waals surface area contributed by atoms with Crippen LogP contribution in [0.1, 0.15) is 51.5 Å². The second kappa shape index (κ2) is 8.41. The molecule has 1 aromatic carbocycles. The molecule has 2 aliphatic heterocycles. The molecule has 2 aliphatic rings. The van der Waals surface area contributed by atoms with E-state index in [0.717, 1.165) is 48.9 Å². The first-order valence-corrected chi connectivity index (χ1v) is 10.8. The number of piperazine rings is 1. The molecule has 2 aromatic rings. The molecule has 28 heavy (non-hydrogen) atoms. The molecule has 4 rings (SSSR count). The normalized spacial score (nSPS) is 20.2. The van der Waals surface area contributed by atoms with Gasteiger partial charge in [-0.15, -0.1) is 11.3 Å². The van der Waals surface area contributed by atoms with Crippen LogP contribution in [0.4, 0.5) is 5.69 Å². The van der Waals surface area contributed by atoms with Crippen LogP contribution in [0.15, 0.2) is 29.6 Å². The Morgan fingerprint density at radius 2 is 1.89 bits per heavy atom. The topological polar surface area (TPSA) is 65.5 Å². The van der Waals surface area contributed by atoms with Gasteiger partial charge in [0.25, 0.3) is 5.91 Å². The molecule has 7 heteroatoms. The van der Waals surface area contributed by atoms with Crippen LogP contribution in [-0.2, 0) is 0 Å². The van der Waals surface area contributed by atoms with Crippen molar-refractivity contribution in [3.05, 3.63) is 45.9 Å². The minimum Gasteiger partial charge on any atom is -0.368 e. The van der Waals surface area contributed by atoms with Crippen LogP contribution >= 0.6 is 11.3 Å². The van der Waals surface area contributed by atoms with E-state index >= 15 is 0 Å². The van der Waals surface area contributed by atoms with Crippen LogP contribution in [0.5, 0.6) is 0 Å². The number of thiazole rings is 1. The summed E-state index contributed by atoms with van der Waals surface area (Å²) >= 11 is 1.61. The molecule has 1 amide bonds. The monoisotopic (exact) mass is 398 g/mol. The van der Waals surface area contributed by atoms with E-state index in [1.807, 2.05) is 34.5 Å². The lowest BCUT2D eigenvalue weighted by Gasteiger charge is -2.35. The third-order valence-corrected chi connectivity index (χ3v) is 6.60. The number of rotatable bonds is 4. The minimum atomic E-state index is 0.0397. The fraction of sp³-hybridized carbons (Fsp3) is 0.476. The largest absolute Gasteiger partial charge is 0.368 e. The molecule has 2 fully saturated rings. The number of benzene rings is 1. The summed E-state index contributed by atoms with van der Waals surface area (Å²) in [4.78, 5) is 33.1. The van der Waals surface area contributed by atoms with Crippen molar-refractivity contribution in [1.29, 1.82) is 0 Å². The number of hydrogen-bond acceptors (Lipinski definition) is 6. The van der Waals surface area contributed by atoms with Gasteiger partial charge in [-0.2, -0.15) is 0 Å². The summed E-state index contributed by atoms with van der Waals surface area (Å²) in [5, 5.41) is 6.41. The number of hydrogen-bond donors (Lipinski definition) is 1. The van der Waals surface area contributed by atoms with E-state index in [1.165, 1.54) is 6.42 Å². The van der Waals surface area contributed by atoms with Gasteiger partial charge in [0.05, 0.1) is 5.01 Å². The zero-order valence-electron chi connectivity index (χ0n) is 16.2. The Hall–Kier alpha value is -2.25. The van der Waals surface area contributed by atoms with Crippen LogP contribution in [0.3, 0.4) is 0 Å². The second-order valence-electron chi connectivity index (χ2n) is 7.50. The molecule has 148 valence electrons. The highest BCUT2D eigenvalue weighted by Crippen LogP contribution is 2.27. The average Bonchev–Trinajstić information content (AvgIpc) is 3.24. The highest BCUT2D eigenvalue weighted by molar-refractivity contribution is 7.09. The lowest BCUT2D eigenvalue weighted by molar-refractivity contribution is 0.0741. The summed E-state index contributed by atoms with van der Waals surface area (Å²) in [6.07, 6.45) is 2.32. The standard InChI is InChI=1S/C21H26N4O2S/c1-15(26)16-4-6-18(7-5-16)24-9-11-25(12-10-24)21(27)19-14-28-20(23-19)17-3-2-8-22-13-17/h4-7,14,17,22H,2-3,8-13H2,1H3. The number of carbonyl (C=O) groups is 2. The van der Waals surface area contributed by atoms with E-state index in [-0.39, 0.29) is 11.7 Å². The summed E-state index contributed by atoms with van der Waals surface area (Å²) in [5.41, 5.74) is 2.41. The molecule has 1 atom stereocenters. The SMILES string of the molecule is CC(=O)c1ccc(N2CCN(C(=O)c3csc(C4CCCNC4)n3)CC2)cc1. The number of aromatic nitrogens is 1. The molecular formula is C21H26N4O2S. The van der Waals surface area contributed by atoms with E-state index in [0.29, 0.717) is 24.7 Å². The van der Waals surface area contributed by atoms with Crippen molar-refractivity contribution < 1.29 is 9.59 Å². The Kier molecular flexibility index (Phi) is 5.73. The van der Waals surface area contributed by atoms with Gasteiger partial charge in [0.2, 0.25) is 0 Å². The van der Waals surface area contributed by atoms with Crippen molar-refractivity contribution in [2.45, 2.75) is 25.7 Å². The first-order valence-electron chi connectivity index (χ1n) is 9.93. The number of nitrogens with zero attached hydrogens (tertiary/aromatic N) is 3. The molecular weight excluding hydrogens is 372 g/mol. The Balaban J connectivity index is 1.35. The van der Waals surface area contributed by atoms with Gasteiger partial charge in [-0.05, 0) is 50.6 Å². The van der Waals surface area contributed by atoms with Crippen molar-refractivity contribution in [2.24, 2.45) is 0 Å². The van der Waals surface area contributed by atoms with Crippen molar-refractivity contribution in [3.8, 4) is 0 Å².